The molecule has 1 saturated heterocycles. The maximum Gasteiger partial charge on any atom is 0.319 e. The zero-order valence-corrected chi connectivity index (χ0v) is 12.1. The zero-order chi connectivity index (χ0) is 14.9. The number of carbonyl (C=O) groups excluding carboxylic acids is 1. The molecule has 2 heterocycles. The fraction of sp³-hybridized carbons (Fsp3) is 0.538. The summed E-state index contributed by atoms with van der Waals surface area (Å²) in [6.45, 7) is 3.97. The van der Waals surface area contributed by atoms with Gasteiger partial charge < -0.3 is 4.90 Å². The van der Waals surface area contributed by atoms with Gasteiger partial charge in [0.2, 0.25) is 5.15 Å². The molecule has 0 spiro atoms. The second-order valence-corrected chi connectivity index (χ2v) is 5.31. The Hall–Kier alpha value is -1.69. The van der Waals surface area contributed by atoms with Crippen molar-refractivity contribution in [1.29, 1.82) is 0 Å². The van der Waals surface area contributed by atoms with Gasteiger partial charge >= 0.3 is 5.69 Å². The van der Waals surface area contributed by atoms with Crippen LogP contribution < -0.4 is 0 Å². The molecule has 2 rings (SSSR count). The van der Waals surface area contributed by atoms with Crippen LogP contribution in [0.3, 0.4) is 0 Å². The lowest BCUT2D eigenvalue weighted by Gasteiger charge is -2.27. The van der Waals surface area contributed by atoms with Crippen molar-refractivity contribution >= 4 is 23.2 Å². The number of rotatable bonds is 3. The smallest absolute Gasteiger partial charge is 0.319 e. The van der Waals surface area contributed by atoms with Gasteiger partial charge in [-0.05, 0) is 32.3 Å². The minimum absolute atomic E-state index is 0.0159. The van der Waals surface area contributed by atoms with E-state index in [1.807, 2.05) is 13.8 Å². The van der Waals surface area contributed by atoms with Crippen molar-refractivity contribution in [2.24, 2.45) is 0 Å². The summed E-state index contributed by atoms with van der Waals surface area (Å²) in [5.41, 5.74) is -0.393. The third kappa shape index (κ3) is 2.47. The van der Waals surface area contributed by atoms with E-state index in [1.54, 1.807) is 4.90 Å². The van der Waals surface area contributed by atoms with Gasteiger partial charge in [-0.25, -0.2) is 4.98 Å². The van der Waals surface area contributed by atoms with E-state index in [4.69, 9.17) is 11.6 Å². The summed E-state index contributed by atoms with van der Waals surface area (Å²) < 4.78 is 0. The Labute approximate surface area is 121 Å². The van der Waals surface area contributed by atoms with Crippen LogP contribution in [0, 0.1) is 10.1 Å². The van der Waals surface area contributed by atoms with Crippen molar-refractivity contribution in [3.63, 3.8) is 0 Å². The summed E-state index contributed by atoms with van der Waals surface area (Å²) in [6, 6.07) is 1.58. The van der Waals surface area contributed by atoms with Crippen LogP contribution in [0.4, 0.5) is 5.69 Å². The highest BCUT2D eigenvalue weighted by molar-refractivity contribution is 6.32. The van der Waals surface area contributed by atoms with E-state index < -0.39 is 10.6 Å². The Balaban J connectivity index is 2.43. The number of aromatic nitrogens is 1. The molecule has 0 N–H and O–H groups in total. The van der Waals surface area contributed by atoms with E-state index in [0.717, 1.165) is 19.3 Å². The molecule has 0 aliphatic carbocycles. The van der Waals surface area contributed by atoms with Gasteiger partial charge in [0.25, 0.3) is 5.91 Å². The third-order valence-electron chi connectivity index (χ3n) is 3.78. The SMILES string of the molecule is CCC1CCC(C)N1C(=O)c1ccnc(Cl)c1[N+](=O)[O-]. The van der Waals surface area contributed by atoms with Gasteiger partial charge in [0.15, 0.2) is 0 Å². The largest absolute Gasteiger partial charge is 0.333 e. The molecule has 2 atom stereocenters. The molecule has 1 aliphatic heterocycles. The van der Waals surface area contributed by atoms with Gasteiger partial charge in [-0.2, -0.15) is 0 Å². The fourth-order valence-corrected chi connectivity index (χ4v) is 2.98. The average molecular weight is 298 g/mol. The van der Waals surface area contributed by atoms with E-state index >= 15 is 0 Å². The minimum Gasteiger partial charge on any atom is -0.333 e. The molecule has 1 aromatic heterocycles. The van der Waals surface area contributed by atoms with Gasteiger partial charge in [0.1, 0.15) is 5.56 Å². The molecular weight excluding hydrogens is 282 g/mol. The minimum atomic E-state index is -0.649. The van der Waals surface area contributed by atoms with E-state index in [-0.39, 0.29) is 28.7 Å². The van der Waals surface area contributed by atoms with Crippen molar-refractivity contribution < 1.29 is 9.72 Å². The molecule has 0 saturated carbocycles. The third-order valence-corrected chi connectivity index (χ3v) is 4.06. The summed E-state index contributed by atoms with van der Waals surface area (Å²) in [6.07, 6.45) is 4.00. The van der Waals surface area contributed by atoms with Gasteiger partial charge in [0.05, 0.1) is 4.92 Å². The molecule has 1 fully saturated rings. The maximum absolute atomic E-state index is 12.6. The molecule has 6 nitrogen and oxygen atoms in total. The van der Waals surface area contributed by atoms with Crippen molar-refractivity contribution in [2.75, 3.05) is 0 Å². The molecule has 1 aliphatic rings. The van der Waals surface area contributed by atoms with Crippen LogP contribution in [-0.4, -0.2) is 32.8 Å². The lowest BCUT2D eigenvalue weighted by Crippen LogP contribution is -2.40. The summed E-state index contributed by atoms with van der Waals surface area (Å²) in [4.78, 5) is 28.5. The number of likely N-dealkylation sites (tertiary alicyclic amines) is 1. The van der Waals surface area contributed by atoms with E-state index in [2.05, 4.69) is 4.98 Å². The van der Waals surface area contributed by atoms with Gasteiger partial charge in [-0.3, -0.25) is 14.9 Å². The second-order valence-electron chi connectivity index (χ2n) is 4.96. The standard InChI is InChI=1S/C13H16ClN3O3/c1-3-9-5-4-8(2)16(9)13(18)10-6-7-15-12(14)11(10)17(19)20/h6-9H,3-5H2,1-2H3. The Morgan fingerprint density at radius 3 is 2.90 bits per heavy atom. The molecule has 0 aromatic carbocycles. The number of hydrogen-bond donors (Lipinski definition) is 0. The van der Waals surface area contributed by atoms with E-state index in [9.17, 15) is 14.9 Å². The number of nitro groups is 1. The monoisotopic (exact) mass is 297 g/mol. The number of amides is 1. The number of carbonyl (C=O) groups is 1. The highest BCUT2D eigenvalue weighted by Gasteiger charge is 2.37. The van der Waals surface area contributed by atoms with Crippen LogP contribution in [0.1, 0.15) is 43.5 Å². The Kier molecular flexibility index (Phi) is 4.23. The number of hydrogen-bond acceptors (Lipinski definition) is 4. The fourth-order valence-electron chi connectivity index (χ4n) is 2.75. The molecule has 108 valence electrons. The van der Waals surface area contributed by atoms with Crippen LogP contribution in [0.15, 0.2) is 12.3 Å². The summed E-state index contributed by atoms with van der Waals surface area (Å²) in [5, 5.41) is 10.9. The van der Waals surface area contributed by atoms with Crippen LogP contribution in [0.2, 0.25) is 5.15 Å². The molecule has 1 aromatic rings. The van der Waals surface area contributed by atoms with Crippen LogP contribution in [0.25, 0.3) is 0 Å². The van der Waals surface area contributed by atoms with Gasteiger partial charge in [-0.1, -0.05) is 18.5 Å². The predicted octanol–water partition coefficient (Wildman–Crippen LogP) is 3.05. The first-order valence-corrected chi connectivity index (χ1v) is 6.96. The Bertz CT molecular complexity index is 550. The first kappa shape index (κ1) is 14.7. The summed E-state index contributed by atoms with van der Waals surface area (Å²) in [5.74, 6) is -0.335. The lowest BCUT2D eigenvalue weighted by molar-refractivity contribution is -0.385. The number of pyridine rings is 1. The molecule has 20 heavy (non-hydrogen) atoms. The highest BCUT2D eigenvalue weighted by atomic mass is 35.5. The van der Waals surface area contributed by atoms with Gasteiger partial charge in [-0.15, -0.1) is 0 Å². The number of halogens is 1. The normalized spacial score (nSPS) is 22.1. The topological polar surface area (TPSA) is 76.3 Å². The van der Waals surface area contributed by atoms with E-state index in [0.29, 0.717) is 0 Å². The quantitative estimate of drug-likeness (QED) is 0.488. The molecule has 0 bridgehead atoms. The van der Waals surface area contributed by atoms with E-state index in [1.165, 1.54) is 12.3 Å². The van der Waals surface area contributed by atoms with Crippen LogP contribution >= 0.6 is 11.6 Å². The van der Waals surface area contributed by atoms with Crippen LogP contribution in [-0.2, 0) is 0 Å². The second kappa shape index (κ2) is 5.75. The molecule has 7 heteroatoms. The Morgan fingerprint density at radius 2 is 2.30 bits per heavy atom. The maximum atomic E-state index is 12.6. The Morgan fingerprint density at radius 1 is 1.60 bits per heavy atom. The van der Waals surface area contributed by atoms with Gasteiger partial charge in [0, 0.05) is 18.3 Å². The van der Waals surface area contributed by atoms with Crippen molar-refractivity contribution in [3.05, 3.63) is 33.1 Å². The first-order chi connectivity index (χ1) is 9.47. The first-order valence-electron chi connectivity index (χ1n) is 6.58. The number of nitrogens with zero attached hydrogens (tertiary/aromatic N) is 3. The van der Waals surface area contributed by atoms with Crippen molar-refractivity contribution in [2.45, 2.75) is 45.2 Å². The van der Waals surface area contributed by atoms with Crippen molar-refractivity contribution in [3.8, 4) is 0 Å². The zero-order valence-electron chi connectivity index (χ0n) is 11.4. The average Bonchev–Trinajstić information content (AvgIpc) is 2.78. The summed E-state index contributed by atoms with van der Waals surface area (Å²) in [7, 11) is 0. The summed E-state index contributed by atoms with van der Waals surface area (Å²) >= 11 is 5.76. The highest BCUT2D eigenvalue weighted by Crippen LogP contribution is 2.32. The predicted molar refractivity (Wildman–Crippen MR) is 74.8 cm³/mol. The lowest BCUT2D eigenvalue weighted by atomic mass is 10.1. The molecule has 1 amide bonds. The molecule has 0 radical (unpaired) electrons. The molecule has 2 unspecified atom stereocenters. The molecular formula is C13H16ClN3O3. The van der Waals surface area contributed by atoms with Crippen molar-refractivity contribution in [1.82, 2.24) is 9.88 Å². The van der Waals surface area contributed by atoms with Crippen LogP contribution in [0.5, 0.6) is 0 Å².